The van der Waals surface area contributed by atoms with Gasteiger partial charge in [0.2, 0.25) is 0 Å². The number of hydrogen-bond donors (Lipinski definition) is 1. The monoisotopic (exact) mass is 366 g/mol. The molecular weight excluding hydrogens is 350 g/mol. The molecule has 136 valence electrons. The molecule has 3 aromatic heterocycles. The summed E-state index contributed by atoms with van der Waals surface area (Å²) in [5.74, 6) is -0.851. The second-order valence-corrected chi connectivity index (χ2v) is 6.17. The first-order valence-electron chi connectivity index (χ1n) is 8.40. The first kappa shape index (κ1) is 17.0. The molecule has 27 heavy (non-hydrogen) atoms. The normalized spacial score (nSPS) is 11.1. The molecule has 0 aliphatic carbocycles. The van der Waals surface area contributed by atoms with Crippen molar-refractivity contribution in [3.8, 4) is 22.6 Å². The summed E-state index contributed by atoms with van der Waals surface area (Å²) in [6, 6.07) is 7.23. The van der Waals surface area contributed by atoms with Gasteiger partial charge >= 0.3 is 0 Å². The zero-order valence-corrected chi connectivity index (χ0v) is 14.5. The molecule has 0 aliphatic rings. The second kappa shape index (κ2) is 7.06. The Bertz CT molecular complexity index is 1090. The van der Waals surface area contributed by atoms with E-state index in [9.17, 15) is 8.78 Å². The van der Waals surface area contributed by atoms with E-state index in [2.05, 4.69) is 25.4 Å². The topological polar surface area (TPSA) is 72.3 Å². The van der Waals surface area contributed by atoms with Gasteiger partial charge in [-0.25, -0.2) is 13.8 Å². The van der Waals surface area contributed by atoms with Gasteiger partial charge in [-0.1, -0.05) is 0 Å². The number of hydrogen-bond acceptors (Lipinski definition) is 4. The number of aryl methyl sites for hydroxylation is 3. The smallest absolute Gasteiger partial charge is 0.126 e. The number of H-pyrrole nitrogens is 1. The highest BCUT2D eigenvalue weighted by atomic mass is 19.1. The van der Waals surface area contributed by atoms with E-state index in [-0.39, 0.29) is 0 Å². The molecular formula is C19H16F2N6. The number of imidazole rings is 1. The van der Waals surface area contributed by atoms with E-state index in [1.54, 1.807) is 12.5 Å². The van der Waals surface area contributed by atoms with Crippen LogP contribution in [0.5, 0.6) is 0 Å². The summed E-state index contributed by atoms with van der Waals surface area (Å²) >= 11 is 0. The van der Waals surface area contributed by atoms with Crippen molar-refractivity contribution in [2.24, 2.45) is 0 Å². The summed E-state index contributed by atoms with van der Waals surface area (Å²) in [6.07, 6.45) is 5.55. The van der Waals surface area contributed by atoms with Crippen LogP contribution in [0, 0.1) is 18.6 Å². The van der Waals surface area contributed by atoms with E-state index in [0.717, 1.165) is 29.1 Å². The Labute approximate surface area is 153 Å². The zero-order chi connectivity index (χ0) is 18.8. The van der Waals surface area contributed by atoms with Gasteiger partial charge in [0, 0.05) is 24.5 Å². The Hall–Kier alpha value is -3.42. The lowest BCUT2D eigenvalue weighted by atomic mass is 10.1. The Kier molecular flexibility index (Phi) is 4.45. The molecule has 0 saturated heterocycles. The maximum atomic E-state index is 13.7. The minimum Gasteiger partial charge on any atom is -0.336 e. The van der Waals surface area contributed by atoms with Crippen LogP contribution in [0.25, 0.3) is 22.6 Å². The van der Waals surface area contributed by atoms with Gasteiger partial charge in [-0.15, -0.1) is 0 Å². The van der Waals surface area contributed by atoms with Crippen LogP contribution in [-0.2, 0) is 13.0 Å². The fraction of sp³-hybridized carbons (Fsp3) is 0.158. The molecule has 0 radical (unpaired) electrons. The van der Waals surface area contributed by atoms with Crippen LogP contribution in [0.15, 0.2) is 49.1 Å². The largest absolute Gasteiger partial charge is 0.336 e. The van der Waals surface area contributed by atoms with Crippen molar-refractivity contribution in [1.82, 2.24) is 29.9 Å². The van der Waals surface area contributed by atoms with Crippen LogP contribution >= 0.6 is 0 Å². The van der Waals surface area contributed by atoms with E-state index >= 15 is 0 Å². The van der Waals surface area contributed by atoms with Crippen LogP contribution in [0.2, 0.25) is 0 Å². The molecule has 0 bridgehead atoms. The minimum atomic E-state index is -0.443. The third kappa shape index (κ3) is 3.59. The average molecular weight is 366 g/mol. The van der Waals surface area contributed by atoms with Crippen molar-refractivity contribution in [3.05, 3.63) is 71.9 Å². The summed E-state index contributed by atoms with van der Waals surface area (Å²) in [5, 5.41) is 10.8. The zero-order valence-electron chi connectivity index (χ0n) is 14.5. The van der Waals surface area contributed by atoms with E-state index in [1.165, 1.54) is 6.07 Å². The van der Waals surface area contributed by atoms with Crippen LogP contribution in [0.4, 0.5) is 8.78 Å². The molecule has 8 heteroatoms. The fourth-order valence-corrected chi connectivity index (χ4v) is 2.87. The van der Waals surface area contributed by atoms with Crippen LogP contribution in [-0.4, -0.2) is 29.9 Å². The minimum absolute atomic E-state index is 0.340. The molecule has 0 fully saturated rings. The first-order chi connectivity index (χ1) is 13.1. The number of halogens is 2. The molecule has 6 nitrogen and oxygen atoms in total. The van der Waals surface area contributed by atoms with Gasteiger partial charge in [0.05, 0.1) is 17.7 Å². The van der Waals surface area contributed by atoms with Crippen molar-refractivity contribution in [2.45, 2.75) is 19.9 Å². The summed E-state index contributed by atoms with van der Waals surface area (Å²) < 4.78 is 28.8. The van der Waals surface area contributed by atoms with Gasteiger partial charge in [0.25, 0.3) is 0 Å². The Morgan fingerprint density at radius 2 is 1.93 bits per heavy atom. The average Bonchev–Trinajstić information content (AvgIpc) is 3.32. The molecule has 4 rings (SSSR count). The van der Waals surface area contributed by atoms with E-state index in [4.69, 9.17) is 0 Å². The number of aromatic amines is 1. The van der Waals surface area contributed by atoms with Crippen LogP contribution in [0.1, 0.15) is 11.3 Å². The van der Waals surface area contributed by atoms with Crippen LogP contribution < -0.4 is 0 Å². The quantitative estimate of drug-likeness (QED) is 0.586. The summed E-state index contributed by atoms with van der Waals surface area (Å²) in [4.78, 5) is 8.74. The van der Waals surface area contributed by atoms with Crippen molar-refractivity contribution < 1.29 is 8.78 Å². The van der Waals surface area contributed by atoms with Gasteiger partial charge in [-0.3, -0.25) is 4.98 Å². The molecule has 1 aromatic carbocycles. The fourth-order valence-electron chi connectivity index (χ4n) is 2.87. The number of nitrogens with zero attached hydrogens (tertiary/aromatic N) is 5. The Balaban J connectivity index is 1.53. The molecule has 0 aliphatic heterocycles. The lowest BCUT2D eigenvalue weighted by Crippen LogP contribution is -2.01. The summed E-state index contributed by atoms with van der Waals surface area (Å²) in [5.41, 5.74) is 4.19. The highest BCUT2D eigenvalue weighted by molar-refractivity contribution is 5.67. The number of pyridine rings is 1. The maximum Gasteiger partial charge on any atom is 0.126 e. The lowest BCUT2D eigenvalue weighted by molar-refractivity contribution is 0.573. The third-order valence-corrected chi connectivity index (χ3v) is 4.30. The highest BCUT2D eigenvalue weighted by Gasteiger charge is 2.10. The first-order valence-corrected chi connectivity index (χ1v) is 8.40. The van der Waals surface area contributed by atoms with Crippen molar-refractivity contribution >= 4 is 0 Å². The van der Waals surface area contributed by atoms with E-state index in [0.29, 0.717) is 29.9 Å². The van der Waals surface area contributed by atoms with Gasteiger partial charge in [0.15, 0.2) is 0 Å². The SMILES string of the molecule is Cc1n[nH]nc1-c1ccnc(-c2cn(CCc3cc(F)ccc3F)cn2)c1. The van der Waals surface area contributed by atoms with Crippen molar-refractivity contribution in [3.63, 3.8) is 0 Å². The predicted octanol–water partition coefficient (Wildman–Crippen LogP) is 3.56. The van der Waals surface area contributed by atoms with Crippen molar-refractivity contribution in [2.75, 3.05) is 0 Å². The number of nitrogens with one attached hydrogen (secondary N) is 1. The van der Waals surface area contributed by atoms with Crippen LogP contribution in [0.3, 0.4) is 0 Å². The van der Waals surface area contributed by atoms with Gasteiger partial charge in [-0.05, 0) is 49.2 Å². The highest BCUT2D eigenvalue weighted by Crippen LogP contribution is 2.23. The molecule has 0 spiro atoms. The van der Waals surface area contributed by atoms with E-state index in [1.807, 2.05) is 29.8 Å². The molecule has 3 heterocycles. The second-order valence-electron chi connectivity index (χ2n) is 6.17. The molecule has 0 atom stereocenters. The number of rotatable bonds is 5. The molecule has 0 saturated carbocycles. The molecule has 1 N–H and O–H groups in total. The predicted molar refractivity (Wildman–Crippen MR) is 95.6 cm³/mol. The maximum absolute atomic E-state index is 13.7. The molecule has 4 aromatic rings. The third-order valence-electron chi connectivity index (χ3n) is 4.30. The Morgan fingerprint density at radius 1 is 1.04 bits per heavy atom. The van der Waals surface area contributed by atoms with E-state index < -0.39 is 11.6 Å². The molecule has 0 unspecified atom stereocenters. The Morgan fingerprint density at radius 3 is 2.74 bits per heavy atom. The lowest BCUT2D eigenvalue weighted by Gasteiger charge is -2.04. The van der Waals surface area contributed by atoms with Gasteiger partial charge in [-0.2, -0.15) is 15.4 Å². The summed E-state index contributed by atoms with van der Waals surface area (Å²) in [7, 11) is 0. The number of benzene rings is 1. The van der Waals surface area contributed by atoms with Crippen molar-refractivity contribution in [1.29, 1.82) is 0 Å². The summed E-state index contributed by atoms with van der Waals surface area (Å²) in [6.45, 7) is 2.36. The molecule has 0 amide bonds. The van der Waals surface area contributed by atoms with Gasteiger partial charge < -0.3 is 4.57 Å². The number of aromatic nitrogens is 6. The van der Waals surface area contributed by atoms with Gasteiger partial charge in [0.1, 0.15) is 23.0 Å². The standard InChI is InChI=1S/C19H16F2N6/c1-12-19(25-26-24-12)14-4-6-22-17(9-14)18-10-27(11-23-18)7-5-13-8-15(20)2-3-16(13)21/h2-4,6,8-11H,5,7H2,1H3,(H,24,25,26).